The Labute approximate surface area is 135 Å². The lowest BCUT2D eigenvalue weighted by Crippen LogP contribution is -2.32. The van der Waals surface area contributed by atoms with E-state index >= 15 is 0 Å². The van der Waals surface area contributed by atoms with Gasteiger partial charge in [0.1, 0.15) is 12.4 Å². The van der Waals surface area contributed by atoms with Crippen molar-refractivity contribution in [1.29, 1.82) is 0 Å². The van der Waals surface area contributed by atoms with E-state index in [-0.39, 0.29) is 24.4 Å². The van der Waals surface area contributed by atoms with Crippen LogP contribution in [0.3, 0.4) is 0 Å². The highest BCUT2D eigenvalue weighted by Gasteiger charge is 2.17. The molecule has 2 aromatic rings. The van der Waals surface area contributed by atoms with Gasteiger partial charge in [0.15, 0.2) is 0 Å². The topological polar surface area (TPSA) is 51.2 Å². The Hall–Kier alpha value is -2.27. The number of benzene rings is 1. The molecule has 1 atom stereocenters. The predicted octanol–water partition coefficient (Wildman–Crippen LogP) is 3.24. The van der Waals surface area contributed by atoms with Gasteiger partial charge >= 0.3 is 0 Å². The summed E-state index contributed by atoms with van der Waals surface area (Å²) in [5, 5.41) is 2.92. The van der Waals surface area contributed by atoms with Crippen molar-refractivity contribution in [2.75, 3.05) is 13.2 Å². The summed E-state index contributed by atoms with van der Waals surface area (Å²) < 4.78 is 18.5. The third kappa shape index (κ3) is 5.45. The molecule has 0 spiro atoms. The number of halogens is 1. The number of aromatic nitrogens is 1. The number of nitrogens with one attached hydrogen (secondary N) is 1. The number of ether oxygens (including phenoxy) is 1. The van der Waals surface area contributed by atoms with Gasteiger partial charge in [-0.05, 0) is 35.7 Å². The maximum absolute atomic E-state index is 13.1. The van der Waals surface area contributed by atoms with E-state index in [0.29, 0.717) is 6.61 Å². The highest BCUT2D eigenvalue weighted by Crippen LogP contribution is 2.21. The fraction of sp³-hybridized carbons (Fsp3) is 0.333. The second-order valence-electron chi connectivity index (χ2n) is 5.24. The van der Waals surface area contributed by atoms with Crippen LogP contribution in [0.15, 0.2) is 48.8 Å². The minimum atomic E-state index is -0.383. The van der Waals surface area contributed by atoms with Crippen LogP contribution in [0.5, 0.6) is 0 Å². The van der Waals surface area contributed by atoms with Crippen molar-refractivity contribution >= 4 is 5.91 Å². The zero-order chi connectivity index (χ0) is 16.5. The maximum Gasteiger partial charge on any atom is 0.246 e. The highest BCUT2D eigenvalue weighted by molar-refractivity contribution is 5.78. The van der Waals surface area contributed by atoms with E-state index in [1.165, 1.54) is 12.1 Å². The van der Waals surface area contributed by atoms with Crippen LogP contribution in [0.4, 0.5) is 4.39 Å². The first-order valence-corrected chi connectivity index (χ1v) is 7.73. The number of hydrogen-bond acceptors (Lipinski definition) is 3. The molecule has 1 N–H and O–H groups in total. The van der Waals surface area contributed by atoms with Gasteiger partial charge in [0, 0.05) is 19.0 Å². The third-order valence-electron chi connectivity index (χ3n) is 3.40. The van der Waals surface area contributed by atoms with Crippen LogP contribution in [0.1, 0.15) is 36.9 Å². The number of amides is 1. The molecular weight excluding hydrogens is 295 g/mol. The summed E-state index contributed by atoms with van der Waals surface area (Å²) >= 11 is 0. The average Bonchev–Trinajstić information content (AvgIpc) is 2.58. The summed E-state index contributed by atoms with van der Waals surface area (Å²) in [6.07, 6.45) is 5.31. The van der Waals surface area contributed by atoms with Crippen molar-refractivity contribution in [3.8, 4) is 0 Å². The minimum absolute atomic E-state index is 0.0119. The van der Waals surface area contributed by atoms with E-state index in [9.17, 15) is 9.18 Å². The van der Waals surface area contributed by atoms with Crippen LogP contribution in [-0.2, 0) is 9.53 Å². The Bertz CT molecular complexity index is 602. The van der Waals surface area contributed by atoms with Crippen molar-refractivity contribution in [1.82, 2.24) is 10.3 Å². The smallest absolute Gasteiger partial charge is 0.246 e. The molecule has 4 nitrogen and oxygen atoms in total. The Kier molecular flexibility index (Phi) is 6.69. The fourth-order valence-electron chi connectivity index (χ4n) is 2.17. The molecule has 2 rings (SSSR count). The lowest BCUT2D eigenvalue weighted by atomic mass is 10.00. The first-order valence-electron chi connectivity index (χ1n) is 7.73. The van der Waals surface area contributed by atoms with E-state index < -0.39 is 0 Å². The molecule has 0 saturated carbocycles. The Balaban J connectivity index is 2.08. The van der Waals surface area contributed by atoms with Gasteiger partial charge < -0.3 is 10.1 Å². The Morgan fingerprint density at radius 1 is 1.26 bits per heavy atom. The number of unbranched alkanes of at least 4 members (excludes halogenated alkanes) is 1. The molecule has 0 fully saturated rings. The first kappa shape index (κ1) is 17.1. The predicted molar refractivity (Wildman–Crippen MR) is 86.3 cm³/mol. The molecule has 1 amide bonds. The Morgan fingerprint density at radius 3 is 2.70 bits per heavy atom. The van der Waals surface area contributed by atoms with Crippen LogP contribution in [0, 0.1) is 5.82 Å². The zero-order valence-electron chi connectivity index (χ0n) is 13.2. The quantitative estimate of drug-likeness (QED) is 0.761. The molecule has 23 heavy (non-hydrogen) atoms. The van der Waals surface area contributed by atoms with Crippen LogP contribution in [0.25, 0.3) is 0 Å². The monoisotopic (exact) mass is 316 g/mol. The number of hydrogen-bond donors (Lipinski definition) is 1. The standard InChI is InChI=1S/C18H21FN2O2/c1-2-3-11-23-13-17(22)21-18(15-5-4-10-20-12-15)14-6-8-16(19)9-7-14/h4-10,12,18H,2-3,11,13H2,1H3,(H,21,22)/t18-/m1/s1. The Morgan fingerprint density at radius 2 is 2.04 bits per heavy atom. The molecule has 5 heteroatoms. The average molecular weight is 316 g/mol. The van der Waals surface area contributed by atoms with Crippen molar-refractivity contribution in [2.24, 2.45) is 0 Å². The van der Waals surface area contributed by atoms with Gasteiger partial charge in [-0.3, -0.25) is 9.78 Å². The number of nitrogens with zero attached hydrogens (tertiary/aromatic N) is 1. The summed E-state index contributed by atoms with van der Waals surface area (Å²) in [6, 6.07) is 9.36. The van der Waals surface area contributed by atoms with Gasteiger partial charge in [0.05, 0.1) is 6.04 Å². The first-order chi connectivity index (χ1) is 11.2. The highest BCUT2D eigenvalue weighted by atomic mass is 19.1. The lowest BCUT2D eigenvalue weighted by molar-refractivity contribution is -0.126. The summed E-state index contributed by atoms with van der Waals surface area (Å²) in [7, 11) is 0. The molecule has 0 aliphatic carbocycles. The number of rotatable bonds is 8. The van der Waals surface area contributed by atoms with Crippen molar-refractivity contribution in [2.45, 2.75) is 25.8 Å². The number of carbonyl (C=O) groups is 1. The van der Waals surface area contributed by atoms with Crippen molar-refractivity contribution < 1.29 is 13.9 Å². The van der Waals surface area contributed by atoms with Crippen LogP contribution < -0.4 is 5.32 Å². The number of carbonyl (C=O) groups excluding carboxylic acids is 1. The second kappa shape index (κ2) is 9.00. The molecule has 0 bridgehead atoms. The molecule has 0 saturated heterocycles. The molecular formula is C18H21FN2O2. The van der Waals surface area contributed by atoms with Crippen LogP contribution in [-0.4, -0.2) is 24.1 Å². The van der Waals surface area contributed by atoms with Gasteiger partial charge in [-0.1, -0.05) is 31.5 Å². The van der Waals surface area contributed by atoms with E-state index in [4.69, 9.17) is 4.74 Å². The lowest BCUT2D eigenvalue weighted by Gasteiger charge is -2.19. The molecule has 0 unspecified atom stereocenters. The second-order valence-corrected chi connectivity index (χ2v) is 5.24. The summed E-state index contributed by atoms with van der Waals surface area (Å²) in [5.41, 5.74) is 1.63. The fourth-order valence-corrected chi connectivity index (χ4v) is 2.17. The van der Waals surface area contributed by atoms with Crippen LogP contribution >= 0.6 is 0 Å². The van der Waals surface area contributed by atoms with Gasteiger partial charge in [0.2, 0.25) is 5.91 Å². The zero-order valence-corrected chi connectivity index (χ0v) is 13.2. The molecule has 1 aromatic carbocycles. The van der Waals surface area contributed by atoms with E-state index in [2.05, 4.69) is 17.2 Å². The normalized spacial score (nSPS) is 11.9. The van der Waals surface area contributed by atoms with Gasteiger partial charge in [-0.15, -0.1) is 0 Å². The van der Waals surface area contributed by atoms with Crippen molar-refractivity contribution in [3.63, 3.8) is 0 Å². The molecule has 1 heterocycles. The molecule has 0 aliphatic rings. The van der Waals surface area contributed by atoms with E-state index in [0.717, 1.165) is 24.0 Å². The van der Waals surface area contributed by atoms with Crippen molar-refractivity contribution in [3.05, 3.63) is 65.7 Å². The van der Waals surface area contributed by atoms with Gasteiger partial charge in [0.25, 0.3) is 0 Å². The largest absolute Gasteiger partial charge is 0.372 e. The SMILES string of the molecule is CCCCOCC(=O)N[C@H](c1ccc(F)cc1)c1cccnc1. The van der Waals surface area contributed by atoms with Gasteiger partial charge in [-0.2, -0.15) is 0 Å². The summed E-state index contributed by atoms with van der Waals surface area (Å²) in [5.74, 6) is -0.521. The molecule has 122 valence electrons. The minimum Gasteiger partial charge on any atom is -0.372 e. The molecule has 0 aliphatic heterocycles. The molecule has 1 aromatic heterocycles. The van der Waals surface area contributed by atoms with E-state index in [1.807, 2.05) is 6.07 Å². The summed E-state index contributed by atoms with van der Waals surface area (Å²) in [6.45, 7) is 2.65. The van der Waals surface area contributed by atoms with Gasteiger partial charge in [-0.25, -0.2) is 4.39 Å². The maximum atomic E-state index is 13.1. The van der Waals surface area contributed by atoms with Crippen LogP contribution in [0.2, 0.25) is 0 Å². The number of pyridine rings is 1. The molecule has 0 radical (unpaired) electrons. The van der Waals surface area contributed by atoms with E-state index in [1.54, 1.807) is 30.6 Å². The third-order valence-corrected chi connectivity index (χ3v) is 3.40. The summed E-state index contributed by atoms with van der Waals surface area (Å²) in [4.78, 5) is 16.2.